The summed E-state index contributed by atoms with van der Waals surface area (Å²) >= 11 is 0. The lowest BCUT2D eigenvalue weighted by molar-refractivity contribution is 0.164. The Morgan fingerprint density at radius 3 is 2.61 bits per heavy atom. The molecule has 0 amide bonds. The molecule has 1 fully saturated rings. The Bertz CT molecular complexity index is 369. The lowest BCUT2D eigenvalue weighted by atomic mass is 9.86. The summed E-state index contributed by atoms with van der Waals surface area (Å²) in [7, 11) is 3.98. The fourth-order valence-electron chi connectivity index (χ4n) is 2.87. The molecule has 100 valence electrons. The molecule has 1 aromatic rings. The first kappa shape index (κ1) is 13.4. The Morgan fingerprint density at radius 1 is 1.22 bits per heavy atom. The Kier molecular flexibility index (Phi) is 4.65. The first-order valence-corrected chi connectivity index (χ1v) is 7.02. The molecule has 1 saturated carbocycles. The molecular formula is C16H25NO. The minimum absolute atomic E-state index is 0.757. The van der Waals surface area contributed by atoms with Crippen LogP contribution < -0.4 is 4.74 Å². The van der Waals surface area contributed by atoms with Crippen molar-refractivity contribution >= 4 is 0 Å². The van der Waals surface area contributed by atoms with E-state index in [4.69, 9.17) is 4.74 Å². The van der Waals surface area contributed by atoms with E-state index in [-0.39, 0.29) is 0 Å². The summed E-state index contributed by atoms with van der Waals surface area (Å²) in [6.07, 6.45) is 5.46. The zero-order valence-electron chi connectivity index (χ0n) is 11.9. The molecule has 1 aliphatic carbocycles. The van der Waals surface area contributed by atoms with Gasteiger partial charge < -0.3 is 4.74 Å². The highest BCUT2D eigenvalue weighted by Crippen LogP contribution is 2.27. The van der Waals surface area contributed by atoms with Gasteiger partial charge in [0.15, 0.2) is 0 Å². The third kappa shape index (κ3) is 3.49. The maximum absolute atomic E-state index is 5.28. The summed E-state index contributed by atoms with van der Waals surface area (Å²) in [6, 6.07) is 9.16. The number of hydrogen-bond donors (Lipinski definition) is 0. The van der Waals surface area contributed by atoms with Crippen LogP contribution >= 0.6 is 0 Å². The predicted octanol–water partition coefficient (Wildman–Crippen LogP) is 3.71. The fourth-order valence-corrected chi connectivity index (χ4v) is 2.87. The summed E-state index contributed by atoms with van der Waals surface area (Å²) in [4.78, 5) is 2.50. The van der Waals surface area contributed by atoms with Crippen LogP contribution in [0.25, 0.3) is 0 Å². The zero-order chi connectivity index (χ0) is 13.0. The molecule has 0 aromatic heterocycles. The SMILES string of the molecule is COc1cccc(CN(C)[C@H]2CC[C@@H](C)CC2)c1. The summed E-state index contributed by atoms with van der Waals surface area (Å²) in [6.45, 7) is 3.40. The number of methoxy groups -OCH3 is 1. The third-order valence-electron chi connectivity index (χ3n) is 4.17. The molecule has 0 atom stereocenters. The number of nitrogens with zero attached hydrogens (tertiary/aromatic N) is 1. The smallest absolute Gasteiger partial charge is 0.119 e. The average Bonchev–Trinajstić information content (AvgIpc) is 2.39. The van der Waals surface area contributed by atoms with Crippen LogP contribution in [-0.4, -0.2) is 25.1 Å². The fraction of sp³-hybridized carbons (Fsp3) is 0.625. The van der Waals surface area contributed by atoms with Crippen molar-refractivity contribution in [2.75, 3.05) is 14.2 Å². The molecule has 1 aromatic carbocycles. The van der Waals surface area contributed by atoms with Crippen LogP contribution in [0.3, 0.4) is 0 Å². The first-order valence-electron chi connectivity index (χ1n) is 7.02. The highest BCUT2D eigenvalue weighted by Gasteiger charge is 2.21. The van der Waals surface area contributed by atoms with E-state index in [0.29, 0.717) is 0 Å². The quantitative estimate of drug-likeness (QED) is 0.804. The van der Waals surface area contributed by atoms with Crippen LogP contribution in [0, 0.1) is 5.92 Å². The predicted molar refractivity (Wildman–Crippen MR) is 75.9 cm³/mol. The van der Waals surface area contributed by atoms with Gasteiger partial charge in [-0.05, 0) is 56.3 Å². The summed E-state index contributed by atoms with van der Waals surface area (Å²) < 4.78 is 5.28. The Hall–Kier alpha value is -1.02. The van der Waals surface area contributed by atoms with Crippen molar-refractivity contribution in [2.45, 2.75) is 45.2 Å². The van der Waals surface area contributed by atoms with Crippen LogP contribution in [0.2, 0.25) is 0 Å². The van der Waals surface area contributed by atoms with Gasteiger partial charge in [-0.15, -0.1) is 0 Å². The minimum atomic E-state index is 0.757. The minimum Gasteiger partial charge on any atom is -0.497 e. The van der Waals surface area contributed by atoms with Gasteiger partial charge in [0.2, 0.25) is 0 Å². The van der Waals surface area contributed by atoms with Gasteiger partial charge in [0.1, 0.15) is 5.75 Å². The van der Waals surface area contributed by atoms with E-state index in [9.17, 15) is 0 Å². The number of benzene rings is 1. The number of hydrogen-bond acceptors (Lipinski definition) is 2. The van der Waals surface area contributed by atoms with Crippen molar-refractivity contribution in [1.82, 2.24) is 4.90 Å². The van der Waals surface area contributed by atoms with Crippen LogP contribution in [0.15, 0.2) is 24.3 Å². The molecule has 0 heterocycles. The number of ether oxygens (including phenoxy) is 1. The van der Waals surface area contributed by atoms with Crippen LogP contribution in [0.5, 0.6) is 5.75 Å². The molecule has 2 heteroatoms. The van der Waals surface area contributed by atoms with Crippen LogP contribution in [-0.2, 0) is 6.54 Å². The van der Waals surface area contributed by atoms with Crippen LogP contribution in [0.1, 0.15) is 38.2 Å². The molecule has 0 unspecified atom stereocenters. The first-order chi connectivity index (χ1) is 8.69. The molecule has 1 aliphatic rings. The summed E-state index contributed by atoms with van der Waals surface area (Å²) in [5.41, 5.74) is 1.34. The van der Waals surface area contributed by atoms with Gasteiger partial charge in [0.05, 0.1) is 7.11 Å². The molecule has 0 radical (unpaired) electrons. The molecule has 0 N–H and O–H groups in total. The number of rotatable bonds is 4. The topological polar surface area (TPSA) is 12.5 Å². The molecule has 18 heavy (non-hydrogen) atoms. The standard InChI is InChI=1S/C16H25NO/c1-13-7-9-15(10-8-13)17(2)12-14-5-4-6-16(11-14)18-3/h4-6,11,13,15H,7-10,12H2,1-3H3/t13-,15+. The summed E-state index contributed by atoms with van der Waals surface area (Å²) in [5.74, 6) is 1.88. The van der Waals surface area contributed by atoms with Crippen molar-refractivity contribution in [3.8, 4) is 5.75 Å². The van der Waals surface area contributed by atoms with Gasteiger partial charge in [0.25, 0.3) is 0 Å². The Balaban J connectivity index is 1.91. The van der Waals surface area contributed by atoms with Gasteiger partial charge in [-0.2, -0.15) is 0 Å². The largest absolute Gasteiger partial charge is 0.497 e. The molecular weight excluding hydrogens is 222 g/mol. The molecule has 0 aliphatic heterocycles. The Morgan fingerprint density at radius 2 is 1.94 bits per heavy atom. The zero-order valence-corrected chi connectivity index (χ0v) is 11.9. The third-order valence-corrected chi connectivity index (χ3v) is 4.17. The van der Waals surface area contributed by atoms with E-state index in [2.05, 4.69) is 37.1 Å². The van der Waals surface area contributed by atoms with Crippen molar-refractivity contribution in [1.29, 1.82) is 0 Å². The van der Waals surface area contributed by atoms with Crippen molar-refractivity contribution in [2.24, 2.45) is 5.92 Å². The normalized spacial score (nSPS) is 24.2. The molecule has 0 saturated heterocycles. The molecule has 0 spiro atoms. The second kappa shape index (κ2) is 6.24. The lowest BCUT2D eigenvalue weighted by Gasteiger charge is -2.33. The van der Waals surface area contributed by atoms with Gasteiger partial charge in [-0.1, -0.05) is 19.1 Å². The van der Waals surface area contributed by atoms with E-state index in [1.54, 1.807) is 7.11 Å². The molecule has 0 bridgehead atoms. The average molecular weight is 247 g/mol. The monoisotopic (exact) mass is 247 g/mol. The van der Waals surface area contributed by atoms with E-state index in [1.807, 2.05) is 6.07 Å². The van der Waals surface area contributed by atoms with E-state index >= 15 is 0 Å². The molecule has 2 rings (SSSR count). The highest BCUT2D eigenvalue weighted by molar-refractivity contribution is 5.28. The van der Waals surface area contributed by atoms with E-state index < -0.39 is 0 Å². The second-order valence-corrected chi connectivity index (χ2v) is 5.68. The van der Waals surface area contributed by atoms with Gasteiger partial charge in [-0.3, -0.25) is 4.90 Å². The summed E-state index contributed by atoms with van der Waals surface area (Å²) in [5, 5.41) is 0. The molecule has 2 nitrogen and oxygen atoms in total. The van der Waals surface area contributed by atoms with Crippen molar-refractivity contribution in [3.63, 3.8) is 0 Å². The van der Waals surface area contributed by atoms with Crippen LogP contribution in [0.4, 0.5) is 0 Å². The lowest BCUT2D eigenvalue weighted by Crippen LogP contribution is -2.34. The maximum atomic E-state index is 5.28. The van der Waals surface area contributed by atoms with Crippen molar-refractivity contribution in [3.05, 3.63) is 29.8 Å². The Labute approximate surface area is 111 Å². The van der Waals surface area contributed by atoms with Gasteiger partial charge in [-0.25, -0.2) is 0 Å². The van der Waals surface area contributed by atoms with E-state index in [0.717, 1.165) is 24.3 Å². The van der Waals surface area contributed by atoms with Gasteiger partial charge >= 0.3 is 0 Å². The van der Waals surface area contributed by atoms with Crippen molar-refractivity contribution < 1.29 is 4.74 Å². The highest BCUT2D eigenvalue weighted by atomic mass is 16.5. The van der Waals surface area contributed by atoms with Gasteiger partial charge in [0, 0.05) is 12.6 Å². The van der Waals surface area contributed by atoms with E-state index in [1.165, 1.54) is 31.2 Å². The maximum Gasteiger partial charge on any atom is 0.119 e. The second-order valence-electron chi connectivity index (χ2n) is 5.68.